The van der Waals surface area contributed by atoms with Crippen molar-refractivity contribution in [3.8, 4) is 0 Å². The molecule has 1 spiro atoms. The molecule has 2 aromatic rings. The summed E-state index contributed by atoms with van der Waals surface area (Å²) in [5, 5.41) is 12.4. The second-order valence-electron chi connectivity index (χ2n) is 7.49. The van der Waals surface area contributed by atoms with Gasteiger partial charge in [0, 0.05) is 22.1 Å². The first-order valence-electron chi connectivity index (χ1n) is 9.41. The molecule has 1 fully saturated rings. The summed E-state index contributed by atoms with van der Waals surface area (Å²) in [6, 6.07) is 5.55. The maximum atomic E-state index is 14.5. The molecule has 0 saturated heterocycles. The van der Waals surface area contributed by atoms with Crippen LogP contribution < -0.4 is 11.1 Å². The van der Waals surface area contributed by atoms with Crippen molar-refractivity contribution in [2.75, 3.05) is 11.1 Å². The van der Waals surface area contributed by atoms with Gasteiger partial charge in [0.05, 0.1) is 24.1 Å². The number of carbonyl (C=O) groups is 1. The molecule has 2 aliphatic rings. The summed E-state index contributed by atoms with van der Waals surface area (Å²) in [7, 11) is -1.43. The molecule has 30 heavy (non-hydrogen) atoms. The predicted octanol–water partition coefficient (Wildman–Crippen LogP) is 2.06. The lowest BCUT2D eigenvalue weighted by atomic mass is 10.0. The number of anilines is 1. The highest BCUT2D eigenvalue weighted by Gasteiger charge is 2.50. The van der Waals surface area contributed by atoms with Crippen LogP contribution in [0.5, 0.6) is 0 Å². The zero-order valence-electron chi connectivity index (χ0n) is 15.8. The van der Waals surface area contributed by atoms with Crippen LogP contribution in [0.15, 0.2) is 41.5 Å². The maximum Gasteiger partial charge on any atom is 0.274 e. The summed E-state index contributed by atoms with van der Waals surface area (Å²) in [6.45, 7) is 0. The Morgan fingerprint density at radius 3 is 2.73 bits per heavy atom. The Morgan fingerprint density at radius 2 is 2.10 bits per heavy atom. The van der Waals surface area contributed by atoms with Crippen molar-refractivity contribution in [1.82, 2.24) is 4.98 Å². The third-order valence-electron chi connectivity index (χ3n) is 5.53. The number of rotatable bonds is 3. The molecule has 1 amide bonds. The van der Waals surface area contributed by atoms with Crippen LogP contribution in [-0.2, 0) is 10.8 Å². The van der Waals surface area contributed by atoms with Crippen molar-refractivity contribution in [1.29, 1.82) is 0 Å². The number of hydrogen-bond acceptors (Lipinski definition) is 6. The van der Waals surface area contributed by atoms with Gasteiger partial charge in [-0.1, -0.05) is 0 Å². The van der Waals surface area contributed by atoms with E-state index in [2.05, 4.69) is 15.3 Å². The standard InChI is InChI=1S/C20H20F2N4O3S/c21-11-1-4-16(24-9-11)18(28)25-12-2-3-15(22)14(7-12)17-10-30(29)20(19(23)26-17)6-5-13(27)8-20/h1-4,7,9,13,17,27H,5-6,8,10H2,(H2,23,26)(H,25,28). The molecule has 4 N–H and O–H groups in total. The van der Waals surface area contributed by atoms with Crippen LogP contribution in [0, 0.1) is 11.6 Å². The summed E-state index contributed by atoms with van der Waals surface area (Å²) in [6.07, 6.45) is 1.61. The lowest BCUT2D eigenvalue weighted by molar-refractivity contribution is 0.102. The van der Waals surface area contributed by atoms with Gasteiger partial charge >= 0.3 is 0 Å². The van der Waals surface area contributed by atoms with E-state index in [1.807, 2.05) is 0 Å². The van der Waals surface area contributed by atoms with E-state index in [0.717, 1.165) is 12.3 Å². The van der Waals surface area contributed by atoms with E-state index >= 15 is 0 Å². The van der Waals surface area contributed by atoms with E-state index in [-0.39, 0.29) is 29.3 Å². The fourth-order valence-electron chi connectivity index (χ4n) is 3.91. The maximum absolute atomic E-state index is 14.5. The van der Waals surface area contributed by atoms with Gasteiger partial charge in [0.25, 0.3) is 5.91 Å². The van der Waals surface area contributed by atoms with Gasteiger partial charge in [-0.15, -0.1) is 0 Å². The van der Waals surface area contributed by atoms with Crippen LogP contribution in [0.1, 0.15) is 41.4 Å². The number of amidine groups is 1. The fraction of sp³-hybridized carbons (Fsp3) is 0.350. The number of nitrogens with zero attached hydrogens (tertiary/aromatic N) is 2. The highest BCUT2D eigenvalue weighted by Crippen LogP contribution is 2.41. The Bertz CT molecular complexity index is 1050. The lowest BCUT2D eigenvalue weighted by Gasteiger charge is -2.34. The Labute approximate surface area is 173 Å². The van der Waals surface area contributed by atoms with Crippen molar-refractivity contribution in [2.45, 2.75) is 36.2 Å². The first-order valence-corrected chi connectivity index (χ1v) is 10.7. The second kappa shape index (κ2) is 7.84. The Kier molecular flexibility index (Phi) is 5.37. The molecular weight excluding hydrogens is 414 g/mol. The number of halogens is 2. The van der Waals surface area contributed by atoms with Crippen LogP contribution in [0.25, 0.3) is 0 Å². The number of aliphatic hydroxyl groups excluding tert-OH is 1. The summed E-state index contributed by atoms with van der Waals surface area (Å²) >= 11 is 0. The molecule has 4 atom stereocenters. The average molecular weight is 434 g/mol. The molecule has 0 radical (unpaired) electrons. The third kappa shape index (κ3) is 3.72. The number of nitrogens with two attached hydrogens (primary N) is 1. The zero-order valence-corrected chi connectivity index (χ0v) is 16.7. The third-order valence-corrected chi connectivity index (χ3v) is 7.60. The summed E-state index contributed by atoms with van der Waals surface area (Å²) in [5.74, 6) is -1.47. The van der Waals surface area contributed by atoms with Gasteiger partial charge in [-0.3, -0.25) is 14.0 Å². The summed E-state index contributed by atoms with van der Waals surface area (Å²) in [4.78, 5) is 20.4. The first-order chi connectivity index (χ1) is 14.3. The van der Waals surface area contributed by atoms with Crippen LogP contribution in [0.2, 0.25) is 0 Å². The first kappa shape index (κ1) is 20.5. The van der Waals surface area contributed by atoms with Gasteiger partial charge in [0.2, 0.25) is 0 Å². The number of benzene rings is 1. The molecular formula is C20H20F2N4O3S. The van der Waals surface area contributed by atoms with Crippen molar-refractivity contribution in [3.05, 3.63) is 59.4 Å². The number of aliphatic imine (C=N–C) groups is 1. The molecule has 1 aromatic carbocycles. The van der Waals surface area contributed by atoms with Crippen LogP contribution in [-0.4, -0.2) is 42.6 Å². The highest BCUT2D eigenvalue weighted by molar-refractivity contribution is 7.87. The Balaban J connectivity index is 1.59. The largest absolute Gasteiger partial charge is 0.393 e. The number of aliphatic hydroxyl groups is 1. The van der Waals surface area contributed by atoms with E-state index in [1.54, 1.807) is 0 Å². The molecule has 10 heteroatoms. The van der Waals surface area contributed by atoms with Crippen LogP contribution in [0.3, 0.4) is 0 Å². The van der Waals surface area contributed by atoms with Gasteiger partial charge in [-0.2, -0.15) is 0 Å². The lowest BCUT2D eigenvalue weighted by Crippen LogP contribution is -2.50. The SMILES string of the molecule is NC1=NC(c2cc(NC(=O)c3ccc(F)cn3)ccc2F)CS(=O)C12CCC(O)C2. The van der Waals surface area contributed by atoms with Crippen molar-refractivity contribution < 1.29 is 22.9 Å². The van der Waals surface area contributed by atoms with E-state index in [4.69, 9.17) is 5.73 Å². The molecule has 158 valence electrons. The minimum absolute atomic E-state index is 0.00467. The van der Waals surface area contributed by atoms with Gasteiger partial charge in [-0.25, -0.2) is 13.8 Å². The predicted molar refractivity (Wildman–Crippen MR) is 109 cm³/mol. The molecule has 1 saturated carbocycles. The number of pyridine rings is 1. The number of hydrogen-bond donors (Lipinski definition) is 3. The van der Waals surface area contributed by atoms with E-state index in [9.17, 15) is 22.9 Å². The van der Waals surface area contributed by atoms with E-state index in [1.165, 1.54) is 24.3 Å². The van der Waals surface area contributed by atoms with Gasteiger partial charge in [-0.05, 0) is 49.6 Å². The summed E-state index contributed by atoms with van der Waals surface area (Å²) < 4.78 is 39.6. The molecule has 2 heterocycles. The van der Waals surface area contributed by atoms with Crippen molar-refractivity contribution >= 4 is 28.2 Å². The highest BCUT2D eigenvalue weighted by atomic mass is 32.2. The second-order valence-corrected chi connectivity index (χ2v) is 9.29. The van der Waals surface area contributed by atoms with Gasteiger partial charge in [0.1, 0.15) is 27.9 Å². The molecule has 7 nitrogen and oxygen atoms in total. The minimum Gasteiger partial charge on any atom is -0.393 e. The quantitative estimate of drug-likeness (QED) is 0.684. The topological polar surface area (TPSA) is 118 Å². The fourth-order valence-corrected chi connectivity index (χ4v) is 5.78. The Morgan fingerprint density at radius 1 is 1.30 bits per heavy atom. The number of aromatic nitrogens is 1. The molecule has 0 bridgehead atoms. The van der Waals surface area contributed by atoms with Crippen LogP contribution >= 0.6 is 0 Å². The number of carbonyl (C=O) groups excluding carboxylic acids is 1. The monoisotopic (exact) mass is 434 g/mol. The molecule has 4 rings (SSSR count). The average Bonchev–Trinajstić information content (AvgIpc) is 3.11. The zero-order chi connectivity index (χ0) is 21.5. The van der Waals surface area contributed by atoms with Gasteiger partial charge in [0.15, 0.2) is 0 Å². The molecule has 4 unspecified atom stereocenters. The van der Waals surface area contributed by atoms with Gasteiger partial charge < -0.3 is 16.2 Å². The number of amides is 1. The molecule has 1 aromatic heterocycles. The normalized spacial score (nSPS) is 28.4. The van der Waals surface area contributed by atoms with Crippen molar-refractivity contribution in [3.63, 3.8) is 0 Å². The van der Waals surface area contributed by atoms with E-state index in [0.29, 0.717) is 18.5 Å². The molecule has 1 aliphatic heterocycles. The summed E-state index contributed by atoms with van der Waals surface area (Å²) in [5.41, 5.74) is 6.58. The minimum atomic E-state index is -1.43. The van der Waals surface area contributed by atoms with Crippen LogP contribution in [0.4, 0.5) is 14.5 Å². The Hall–Kier alpha value is -2.72. The van der Waals surface area contributed by atoms with Crippen molar-refractivity contribution in [2.24, 2.45) is 10.7 Å². The van der Waals surface area contributed by atoms with E-state index < -0.39 is 45.2 Å². The molecule has 1 aliphatic carbocycles. The smallest absolute Gasteiger partial charge is 0.274 e. The number of nitrogens with one attached hydrogen (secondary N) is 1.